The van der Waals surface area contributed by atoms with E-state index >= 15 is 0 Å². The molecule has 0 atom stereocenters. The van der Waals surface area contributed by atoms with Gasteiger partial charge in [0.2, 0.25) is 0 Å². The summed E-state index contributed by atoms with van der Waals surface area (Å²) in [5.41, 5.74) is -0.215. The number of nitrogens with zero attached hydrogens (tertiary/aromatic N) is 1. The van der Waals surface area contributed by atoms with E-state index in [1.54, 1.807) is 24.3 Å². The van der Waals surface area contributed by atoms with Gasteiger partial charge >= 0.3 is 5.97 Å². The Hall–Kier alpha value is -3.00. The molecule has 1 N–H and O–H groups in total. The molecule has 0 saturated heterocycles. The number of amides is 1. The first kappa shape index (κ1) is 18.3. The van der Waals surface area contributed by atoms with E-state index < -0.39 is 29.2 Å². The van der Waals surface area contributed by atoms with Crippen molar-refractivity contribution in [1.82, 2.24) is 0 Å². The third-order valence-corrected chi connectivity index (χ3v) is 3.46. The van der Waals surface area contributed by atoms with Crippen LogP contribution in [0.4, 0.5) is 15.8 Å². The van der Waals surface area contributed by atoms with Crippen molar-refractivity contribution in [2.75, 3.05) is 11.9 Å². The normalized spacial score (nSPS) is 10.2. The van der Waals surface area contributed by atoms with Crippen LogP contribution in [0.1, 0.15) is 5.56 Å². The van der Waals surface area contributed by atoms with Gasteiger partial charge in [0.25, 0.3) is 11.6 Å². The van der Waals surface area contributed by atoms with E-state index in [0.717, 1.165) is 18.2 Å². The SMILES string of the molecule is O=C(COC(=O)Cc1ccccc1Cl)Nc1cc([N+](=O)[O-])ccc1F. The number of nitrogens with one attached hydrogen (secondary N) is 1. The second kappa shape index (κ2) is 8.20. The molecule has 0 radical (unpaired) electrons. The molecule has 0 fully saturated rings. The van der Waals surface area contributed by atoms with Gasteiger partial charge in [-0.2, -0.15) is 0 Å². The summed E-state index contributed by atoms with van der Waals surface area (Å²) >= 11 is 5.91. The van der Waals surface area contributed by atoms with Gasteiger partial charge in [0, 0.05) is 17.2 Å². The Morgan fingerprint density at radius 1 is 1.24 bits per heavy atom. The molecule has 0 saturated carbocycles. The van der Waals surface area contributed by atoms with E-state index in [2.05, 4.69) is 5.32 Å². The lowest BCUT2D eigenvalue weighted by molar-refractivity contribution is -0.384. The average molecular weight is 367 g/mol. The topological polar surface area (TPSA) is 98.5 Å². The lowest BCUT2D eigenvalue weighted by Crippen LogP contribution is -2.22. The Kier molecular flexibility index (Phi) is 6.02. The van der Waals surface area contributed by atoms with E-state index in [1.165, 1.54) is 0 Å². The molecule has 0 bridgehead atoms. The van der Waals surface area contributed by atoms with Crippen molar-refractivity contribution < 1.29 is 23.6 Å². The van der Waals surface area contributed by atoms with Crippen molar-refractivity contribution in [2.24, 2.45) is 0 Å². The number of anilines is 1. The maximum Gasteiger partial charge on any atom is 0.310 e. The predicted octanol–water partition coefficient (Wildman–Crippen LogP) is 3.11. The van der Waals surface area contributed by atoms with Crippen LogP contribution < -0.4 is 5.32 Å². The molecule has 1 amide bonds. The van der Waals surface area contributed by atoms with Gasteiger partial charge in [-0.1, -0.05) is 29.8 Å². The molecule has 2 aromatic carbocycles. The van der Waals surface area contributed by atoms with Crippen molar-refractivity contribution in [2.45, 2.75) is 6.42 Å². The minimum Gasteiger partial charge on any atom is -0.455 e. The highest BCUT2D eigenvalue weighted by atomic mass is 35.5. The van der Waals surface area contributed by atoms with Crippen molar-refractivity contribution in [3.8, 4) is 0 Å². The summed E-state index contributed by atoms with van der Waals surface area (Å²) < 4.78 is 18.4. The zero-order chi connectivity index (χ0) is 18.4. The third-order valence-electron chi connectivity index (χ3n) is 3.09. The maximum atomic E-state index is 13.6. The van der Waals surface area contributed by atoms with Gasteiger partial charge in [-0.25, -0.2) is 4.39 Å². The van der Waals surface area contributed by atoms with E-state index in [4.69, 9.17) is 16.3 Å². The number of esters is 1. The molecule has 0 heterocycles. The van der Waals surface area contributed by atoms with Gasteiger partial charge in [0.15, 0.2) is 6.61 Å². The van der Waals surface area contributed by atoms with Gasteiger partial charge in [0.05, 0.1) is 17.0 Å². The summed E-state index contributed by atoms with van der Waals surface area (Å²) in [4.78, 5) is 33.4. The van der Waals surface area contributed by atoms with E-state index in [0.29, 0.717) is 10.6 Å². The number of ether oxygens (including phenoxy) is 1. The summed E-state index contributed by atoms with van der Waals surface area (Å²) in [6.45, 7) is -0.661. The number of rotatable bonds is 6. The summed E-state index contributed by atoms with van der Waals surface area (Å²) in [6.07, 6.45) is -0.127. The monoisotopic (exact) mass is 366 g/mol. The predicted molar refractivity (Wildman–Crippen MR) is 87.8 cm³/mol. The van der Waals surface area contributed by atoms with Crippen LogP contribution in [0.15, 0.2) is 42.5 Å². The number of hydrogen-bond donors (Lipinski definition) is 1. The first-order valence-electron chi connectivity index (χ1n) is 6.99. The molecule has 2 rings (SSSR count). The number of halogens is 2. The summed E-state index contributed by atoms with van der Waals surface area (Å²) in [7, 11) is 0. The van der Waals surface area contributed by atoms with E-state index in [1.807, 2.05) is 0 Å². The van der Waals surface area contributed by atoms with Crippen LogP contribution in [-0.2, 0) is 20.7 Å². The number of hydrogen-bond acceptors (Lipinski definition) is 5. The Morgan fingerprint density at radius 2 is 1.96 bits per heavy atom. The second-order valence-electron chi connectivity index (χ2n) is 4.90. The van der Waals surface area contributed by atoms with Gasteiger partial charge in [0.1, 0.15) is 5.82 Å². The fourth-order valence-corrected chi connectivity index (χ4v) is 2.11. The highest BCUT2D eigenvalue weighted by Gasteiger charge is 2.15. The zero-order valence-corrected chi connectivity index (χ0v) is 13.5. The van der Waals surface area contributed by atoms with Gasteiger partial charge < -0.3 is 10.1 Å². The van der Waals surface area contributed by atoms with Gasteiger partial charge in [-0.05, 0) is 17.7 Å². The number of carbonyl (C=O) groups excluding carboxylic acids is 2. The van der Waals surface area contributed by atoms with Crippen LogP contribution in [-0.4, -0.2) is 23.4 Å². The largest absolute Gasteiger partial charge is 0.455 e. The quantitative estimate of drug-likeness (QED) is 0.481. The number of nitro groups is 1. The van der Waals surface area contributed by atoms with Crippen molar-refractivity contribution >= 4 is 34.9 Å². The lowest BCUT2D eigenvalue weighted by Gasteiger charge is -2.08. The molecule has 7 nitrogen and oxygen atoms in total. The van der Waals surface area contributed by atoms with E-state index in [9.17, 15) is 24.1 Å². The molecular weight excluding hydrogens is 355 g/mol. The molecule has 0 aliphatic heterocycles. The first-order valence-corrected chi connectivity index (χ1v) is 7.37. The Bertz CT molecular complexity index is 828. The number of benzene rings is 2. The number of nitro benzene ring substituents is 1. The molecule has 0 aromatic heterocycles. The van der Waals surface area contributed by atoms with E-state index in [-0.39, 0.29) is 17.8 Å². The van der Waals surface area contributed by atoms with Crippen molar-refractivity contribution in [3.63, 3.8) is 0 Å². The maximum absolute atomic E-state index is 13.6. The van der Waals surface area contributed by atoms with Crippen LogP contribution in [0.2, 0.25) is 5.02 Å². The van der Waals surface area contributed by atoms with Crippen LogP contribution in [0.25, 0.3) is 0 Å². The minimum absolute atomic E-state index is 0.127. The molecule has 0 aliphatic carbocycles. The fourth-order valence-electron chi connectivity index (χ4n) is 1.90. The van der Waals surface area contributed by atoms with Gasteiger partial charge in [-0.3, -0.25) is 19.7 Å². The average Bonchev–Trinajstić information content (AvgIpc) is 2.57. The molecule has 25 heavy (non-hydrogen) atoms. The second-order valence-corrected chi connectivity index (χ2v) is 5.31. The Morgan fingerprint density at radius 3 is 2.64 bits per heavy atom. The van der Waals surface area contributed by atoms with Gasteiger partial charge in [-0.15, -0.1) is 0 Å². The standard InChI is InChI=1S/C16H12ClFN2O5/c17-12-4-2-1-3-10(12)7-16(22)25-9-15(21)19-14-8-11(20(23)24)5-6-13(14)18/h1-6,8H,7,9H2,(H,19,21). The number of carbonyl (C=O) groups is 2. The van der Waals surface area contributed by atoms with Crippen LogP contribution in [0.5, 0.6) is 0 Å². The van der Waals surface area contributed by atoms with Crippen LogP contribution >= 0.6 is 11.6 Å². The summed E-state index contributed by atoms with van der Waals surface area (Å²) in [6, 6.07) is 9.36. The molecule has 130 valence electrons. The lowest BCUT2D eigenvalue weighted by atomic mass is 10.1. The molecule has 0 spiro atoms. The third kappa shape index (κ3) is 5.25. The van der Waals surface area contributed by atoms with Crippen LogP contribution in [0.3, 0.4) is 0 Å². The smallest absolute Gasteiger partial charge is 0.310 e. The first-order chi connectivity index (χ1) is 11.9. The zero-order valence-electron chi connectivity index (χ0n) is 12.7. The number of non-ortho nitro benzene ring substituents is 1. The van der Waals surface area contributed by atoms with Crippen LogP contribution in [0, 0.1) is 15.9 Å². The molecule has 2 aromatic rings. The molecule has 0 aliphatic rings. The highest BCUT2D eigenvalue weighted by molar-refractivity contribution is 6.31. The molecule has 0 unspecified atom stereocenters. The fraction of sp³-hybridized carbons (Fsp3) is 0.125. The molecular formula is C16H12ClFN2O5. The van der Waals surface area contributed by atoms with Crippen molar-refractivity contribution in [3.05, 3.63) is 69.0 Å². The molecule has 9 heteroatoms. The Labute approximate surface area is 146 Å². The Balaban J connectivity index is 1.90. The summed E-state index contributed by atoms with van der Waals surface area (Å²) in [5.74, 6) is -2.36. The summed E-state index contributed by atoms with van der Waals surface area (Å²) in [5, 5.41) is 13.2. The highest BCUT2D eigenvalue weighted by Crippen LogP contribution is 2.21. The van der Waals surface area contributed by atoms with Crippen molar-refractivity contribution in [1.29, 1.82) is 0 Å². The minimum atomic E-state index is -0.846.